The lowest BCUT2D eigenvalue weighted by Crippen LogP contribution is -1.92. The first-order valence-corrected chi connectivity index (χ1v) is 9.27. The van der Waals surface area contributed by atoms with Gasteiger partial charge >= 0.3 is 0 Å². The molecule has 0 radical (unpaired) electrons. The van der Waals surface area contributed by atoms with Gasteiger partial charge in [0, 0.05) is 12.8 Å². The summed E-state index contributed by atoms with van der Waals surface area (Å²) in [6.07, 6.45) is 26.3. The van der Waals surface area contributed by atoms with Gasteiger partial charge in [-0.25, -0.2) is 0 Å². The van der Waals surface area contributed by atoms with Gasteiger partial charge in [-0.15, -0.1) is 0 Å². The summed E-state index contributed by atoms with van der Waals surface area (Å²) < 4.78 is 0. The van der Waals surface area contributed by atoms with Crippen molar-refractivity contribution >= 4 is 5.78 Å². The van der Waals surface area contributed by atoms with E-state index in [2.05, 4.69) is 38.2 Å². The van der Waals surface area contributed by atoms with Crippen molar-refractivity contribution in [3.05, 3.63) is 36.5 Å². The summed E-state index contributed by atoms with van der Waals surface area (Å²) in [6.45, 7) is 4.38. The van der Waals surface area contributed by atoms with E-state index < -0.39 is 0 Å². The highest BCUT2D eigenvalue weighted by Gasteiger charge is 1.94. The predicted octanol–water partition coefficient (Wildman–Crippen LogP) is 6.95. The van der Waals surface area contributed by atoms with E-state index in [4.69, 9.17) is 0 Å². The maximum absolute atomic E-state index is 11.6. The molecule has 0 aromatic heterocycles. The number of allylic oxidation sites excluding steroid dienone is 6. The van der Waals surface area contributed by atoms with E-state index in [1.807, 2.05) is 12.2 Å². The van der Waals surface area contributed by atoms with Gasteiger partial charge in [0.2, 0.25) is 0 Å². The second-order valence-electron chi connectivity index (χ2n) is 5.92. The monoisotopic (exact) mass is 304 g/mol. The largest absolute Gasteiger partial charge is 0.299 e. The molecule has 1 nitrogen and oxygen atoms in total. The normalized spacial score (nSPS) is 12.1. The van der Waals surface area contributed by atoms with Crippen LogP contribution in [0.15, 0.2) is 36.5 Å². The number of hydrogen-bond acceptors (Lipinski definition) is 1. The second-order valence-corrected chi connectivity index (χ2v) is 5.92. The number of carbonyl (C=O) groups is 1. The first-order chi connectivity index (χ1) is 10.8. The summed E-state index contributed by atoms with van der Waals surface area (Å²) in [5.41, 5.74) is 0. The third-order valence-corrected chi connectivity index (χ3v) is 3.67. The van der Waals surface area contributed by atoms with Gasteiger partial charge in [0.05, 0.1) is 0 Å². The first kappa shape index (κ1) is 20.9. The second kappa shape index (κ2) is 17.9. The number of rotatable bonds is 15. The molecule has 0 aliphatic rings. The van der Waals surface area contributed by atoms with Crippen LogP contribution >= 0.6 is 0 Å². The molecule has 0 aromatic rings. The van der Waals surface area contributed by atoms with Gasteiger partial charge in [-0.1, -0.05) is 88.8 Å². The van der Waals surface area contributed by atoms with Crippen LogP contribution in [0.2, 0.25) is 0 Å². The minimum atomic E-state index is 0.312. The van der Waals surface area contributed by atoms with Crippen molar-refractivity contribution in [1.29, 1.82) is 0 Å². The van der Waals surface area contributed by atoms with E-state index in [1.165, 1.54) is 44.9 Å². The van der Waals surface area contributed by atoms with Crippen molar-refractivity contribution < 1.29 is 4.79 Å². The zero-order valence-corrected chi connectivity index (χ0v) is 14.9. The summed E-state index contributed by atoms with van der Waals surface area (Å²) in [6, 6.07) is 0. The van der Waals surface area contributed by atoms with Crippen LogP contribution in [0.3, 0.4) is 0 Å². The fraction of sp³-hybridized carbons (Fsp3) is 0.667. The SMILES string of the molecule is CC/C=C\C/C=C\CC(=O)C/C=C/CCCCCCCCC. The fourth-order valence-electron chi connectivity index (χ4n) is 2.29. The van der Waals surface area contributed by atoms with Gasteiger partial charge in [0.1, 0.15) is 5.78 Å². The summed E-state index contributed by atoms with van der Waals surface area (Å²) in [7, 11) is 0. The Morgan fingerprint density at radius 1 is 0.682 bits per heavy atom. The molecule has 0 bridgehead atoms. The van der Waals surface area contributed by atoms with Crippen LogP contribution in [0.1, 0.15) is 90.9 Å². The summed E-state index contributed by atoms with van der Waals surface area (Å²) in [4.78, 5) is 11.6. The zero-order chi connectivity index (χ0) is 16.3. The Labute approximate surface area is 138 Å². The van der Waals surface area contributed by atoms with Crippen molar-refractivity contribution in [3.63, 3.8) is 0 Å². The van der Waals surface area contributed by atoms with Crippen LogP contribution in [0.5, 0.6) is 0 Å². The Morgan fingerprint density at radius 2 is 1.27 bits per heavy atom. The molecule has 22 heavy (non-hydrogen) atoms. The van der Waals surface area contributed by atoms with Crippen LogP contribution in [0.4, 0.5) is 0 Å². The van der Waals surface area contributed by atoms with E-state index in [9.17, 15) is 4.79 Å². The smallest absolute Gasteiger partial charge is 0.140 e. The molecule has 0 aliphatic carbocycles. The molecule has 0 N–H and O–H groups in total. The highest BCUT2D eigenvalue weighted by molar-refractivity contribution is 5.81. The molecule has 0 unspecified atom stereocenters. The van der Waals surface area contributed by atoms with Gasteiger partial charge in [0.25, 0.3) is 0 Å². The zero-order valence-electron chi connectivity index (χ0n) is 14.9. The van der Waals surface area contributed by atoms with Crippen LogP contribution in [0, 0.1) is 0 Å². The molecule has 0 amide bonds. The molecular weight excluding hydrogens is 268 g/mol. The lowest BCUT2D eigenvalue weighted by molar-refractivity contribution is -0.117. The highest BCUT2D eigenvalue weighted by Crippen LogP contribution is 2.08. The van der Waals surface area contributed by atoms with Crippen LogP contribution in [-0.2, 0) is 4.79 Å². The van der Waals surface area contributed by atoms with Gasteiger partial charge in [0.15, 0.2) is 0 Å². The Bertz CT molecular complexity index is 323. The third kappa shape index (κ3) is 16.9. The number of hydrogen-bond donors (Lipinski definition) is 0. The molecular formula is C21H36O. The van der Waals surface area contributed by atoms with Crippen LogP contribution in [-0.4, -0.2) is 5.78 Å². The predicted molar refractivity (Wildman–Crippen MR) is 99.2 cm³/mol. The summed E-state index contributed by atoms with van der Waals surface area (Å²) >= 11 is 0. The highest BCUT2D eigenvalue weighted by atomic mass is 16.1. The Hall–Kier alpha value is -1.11. The standard InChI is InChI=1S/C21H36O/c1-3-5-7-9-11-12-13-14-16-18-20-21(22)19-17-15-10-8-6-4-2/h6,8,15-18H,3-5,7,9-14,19-20H2,1-2H3/b8-6-,17-15-,18-16+. The fourth-order valence-corrected chi connectivity index (χ4v) is 2.29. The minimum absolute atomic E-state index is 0.312. The topological polar surface area (TPSA) is 17.1 Å². The first-order valence-electron chi connectivity index (χ1n) is 9.27. The Kier molecular flexibility index (Phi) is 17.0. The lowest BCUT2D eigenvalue weighted by atomic mass is 10.1. The molecule has 0 rings (SSSR count). The van der Waals surface area contributed by atoms with Crippen molar-refractivity contribution in [1.82, 2.24) is 0 Å². The van der Waals surface area contributed by atoms with Crippen LogP contribution < -0.4 is 0 Å². The van der Waals surface area contributed by atoms with Crippen molar-refractivity contribution in [2.75, 3.05) is 0 Å². The van der Waals surface area contributed by atoms with Crippen LogP contribution in [0.25, 0.3) is 0 Å². The van der Waals surface area contributed by atoms with E-state index in [0.29, 0.717) is 18.6 Å². The minimum Gasteiger partial charge on any atom is -0.299 e. The van der Waals surface area contributed by atoms with Crippen molar-refractivity contribution in [3.8, 4) is 0 Å². The molecule has 0 atom stereocenters. The maximum atomic E-state index is 11.6. The Balaban J connectivity index is 3.40. The summed E-state index contributed by atoms with van der Waals surface area (Å²) in [5.74, 6) is 0.312. The maximum Gasteiger partial charge on any atom is 0.140 e. The molecule has 0 aliphatic heterocycles. The number of unbranched alkanes of at least 4 members (excludes halogenated alkanes) is 7. The average molecular weight is 305 g/mol. The van der Waals surface area contributed by atoms with Gasteiger partial charge in [-0.2, -0.15) is 0 Å². The quantitative estimate of drug-likeness (QED) is 0.236. The molecule has 126 valence electrons. The van der Waals surface area contributed by atoms with E-state index in [-0.39, 0.29) is 0 Å². The van der Waals surface area contributed by atoms with E-state index in [1.54, 1.807) is 0 Å². The lowest BCUT2D eigenvalue weighted by Gasteiger charge is -1.98. The van der Waals surface area contributed by atoms with E-state index >= 15 is 0 Å². The van der Waals surface area contributed by atoms with Gasteiger partial charge in [-0.05, 0) is 25.7 Å². The van der Waals surface area contributed by atoms with Crippen molar-refractivity contribution in [2.45, 2.75) is 90.9 Å². The van der Waals surface area contributed by atoms with E-state index in [0.717, 1.165) is 19.3 Å². The molecule has 0 saturated carbocycles. The number of ketones is 1. The molecule has 0 heterocycles. The van der Waals surface area contributed by atoms with Crippen molar-refractivity contribution in [2.24, 2.45) is 0 Å². The van der Waals surface area contributed by atoms with Gasteiger partial charge < -0.3 is 0 Å². The number of carbonyl (C=O) groups excluding carboxylic acids is 1. The summed E-state index contributed by atoms with van der Waals surface area (Å²) in [5, 5.41) is 0. The Morgan fingerprint density at radius 3 is 1.95 bits per heavy atom. The molecule has 1 heteroatoms. The molecule has 0 spiro atoms. The van der Waals surface area contributed by atoms with Gasteiger partial charge in [-0.3, -0.25) is 4.79 Å². The molecule has 0 fully saturated rings. The third-order valence-electron chi connectivity index (χ3n) is 3.67. The molecule has 0 saturated heterocycles. The molecule has 0 aromatic carbocycles. The number of Topliss-reactive ketones (excluding diaryl/α,β-unsaturated/α-hetero) is 1. The average Bonchev–Trinajstić information content (AvgIpc) is 2.52.